The molecule has 1 N–H and O–H groups in total. The highest BCUT2D eigenvalue weighted by Gasteiger charge is 2.06. The van der Waals surface area contributed by atoms with Crippen LogP contribution < -0.4 is 10.1 Å². The maximum Gasteiger partial charge on any atom is 0.124 e. The number of rotatable bonds is 5. The van der Waals surface area contributed by atoms with E-state index in [9.17, 15) is 4.39 Å². The van der Waals surface area contributed by atoms with E-state index in [0.717, 1.165) is 16.9 Å². The molecule has 0 aliphatic carbocycles. The fraction of sp³-hybridized carbons (Fsp3) is 0.235. The van der Waals surface area contributed by atoms with Crippen LogP contribution in [-0.4, -0.2) is 7.11 Å². The van der Waals surface area contributed by atoms with Crippen molar-refractivity contribution in [2.75, 3.05) is 7.11 Å². The molecule has 2 aromatic carbocycles. The van der Waals surface area contributed by atoms with Crippen molar-refractivity contribution >= 4 is 0 Å². The number of hydrogen-bond donors (Lipinski definition) is 1. The van der Waals surface area contributed by atoms with Crippen LogP contribution in [0.2, 0.25) is 0 Å². The summed E-state index contributed by atoms with van der Waals surface area (Å²) >= 11 is 0. The van der Waals surface area contributed by atoms with Gasteiger partial charge in [0.15, 0.2) is 0 Å². The monoisotopic (exact) mass is 284 g/mol. The first-order chi connectivity index (χ1) is 10.1. The molecule has 0 aliphatic heterocycles. The van der Waals surface area contributed by atoms with Gasteiger partial charge in [-0.3, -0.25) is 0 Å². The SMILES string of the molecule is COc1ccc([C@@H](C)NCc2cc(F)cc(C#N)c2)cc1. The zero-order chi connectivity index (χ0) is 15.2. The molecule has 0 aromatic heterocycles. The van der Waals surface area contributed by atoms with Crippen LogP contribution >= 0.6 is 0 Å². The summed E-state index contributed by atoms with van der Waals surface area (Å²) in [6.45, 7) is 2.53. The zero-order valence-electron chi connectivity index (χ0n) is 12.1. The second-order valence-electron chi connectivity index (χ2n) is 4.84. The molecule has 0 saturated heterocycles. The molecule has 1 atom stereocenters. The second kappa shape index (κ2) is 6.87. The molecular formula is C17H17FN2O. The van der Waals surface area contributed by atoms with Gasteiger partial charge in [-0.25, -0.2) is 4.39 Å². The van der Waals surface area contributed by atoms with E-state index in [4.69, 9.17) is 10.00 Å². The van der Waals surface area contributed by atoms with E-state index < -0.39 is 0 Å². The van der Waals surface area contributed by atoms with Crippen LogP contribution in [0, 0.1) is 17.1 Å². The number of hydrogen-bond acceptors (Lipinski definition) is 3. The van der Waals surface area contributed by atoms with Gasteiger partial charge in [-0.1, -0.05) is 12.1 Å². The average Bonchev–Trinajstić information content (AvgIpc) is 2.52. The van der Waals surface area contributed by atoms with Crippen molar-refractivity contribution in [3.63, 3.8) is 0 Å². The van der Waals surface area contributed by atoms with Crippen LogP contribution in [0.4, 0.5) is 4.39 Å². The molecule has 0 fully saturated rings. The lowest BCUT2D eigenvalue weighted by Gasteiger charge is -2.15. The molecule has 0 spiro atoms. The minimum atomic E-state index is -0.386. The van der Waals surface area contributed by atoms with Gasteiger partial charge in [-0.15, -0.1) is 0 Å². The molecule has 108 valence electrons. The molecule has 2 rings (SSSR count). The van der Waals surface area contributed by atoms with Crippen LogP contribution in [-0.2, 0) is 6.54 Å². The van der Waals surface area contributed by atoms with Gasteiger partial charge in [-0.05, 0) is 48.4 Å². The minimum Gasteiger partial charge on any atom is -0.497 e. The molecule has 0 amide bonds. The van der Waals surface area contributed by atoms with Crippen LogP contribution in [0.25, 0.3) is 0 Å². The summed E-state index contributed by atoms with van der Waals surface area (Å²) in [5, 5.41) is 12.2. The smallest absolute Gasteiger partial charge is 0.124 e. The van der Waals surface area contributed by atoms with Gasteiger partial charge in [0.1, 0.15) is 11.6 Å². The number of nitrogens with one attached hydrogen (secondary N) is 1. The second-order valence-corrected chi connectivity index (χ2v) is 4.84. The topological polar surface area (TPSA) is 45.0 Å². The largest absolute Gasteiger partial charge is 0.497 e. The molecule has 2 aromatic rings. The summed E-state index contributed by atoms with van der Waals surface area (Å²) in [4.78, 5) is 0. The molecule has 21 heavy (non-hydrogen) atoms. The Bertz CT molecular complexity index is 647. The molecule has 0 unspecified atom stereocenters. The lowest BCUT2D eigenvalue weighted by atomic mass is 10.1. The van der Waals surface area contributed by atoms with Crippen molar-refractivity contribution in [3.05, 3.63) is 65.0 Å². The Hall–Kier alpha value is -2.38. The maximum atomic E-state index is 13.4. The summed E-state index contributed by atoms with van der Waals surface area (Å²) in [6.07, 6.45) is 0. The number of nitriles is 1. The number of methoxy groups -OCH3 is 1. The van der Waals surface area contributed by atoms with Gasteiger partial charge in [0, 0.05) is 12.6 Å². The Morgan fingerprint density at radius 1 is 1.24 bits per heavy atom. The van der Waals surface area contributed by atoms with Crippen LogP contribution in [0.15, 0.2) is 42.5 Å². The Morgan fingerprint density at radius 3 is 2.57 bits per heavy atom. The van der Waals surface area contributed by atoms with Crippen molar-refractivity contribution in [3.8, 4) is 11.8 Å². The minimum absolute atomic E-state index is 0.115. The van der Waals surface area contributed by atoms with Crippen molar-refractivity contribution < 1.29 is 9.13 Å². The molecule has 0 radical (unpaired) electrons. The first kappa shape index (κ1) is 15.0. The van der Waals surface area contributed by atoms with Crippen LogP contribution in [0.5, 0.6) is 5.75 Å². The quantitative estimate of drug-likeness (QED) is 0.913. The Kier molecular flexibility index (Phi) is 4.91. The van der Waals surface area contributed by atoms with E-state index in [1.54, 1.807) is 13.2 Å². The van der Waals surface area contributed by atoms with Crippen LogP contribution in [0.3, 0.4) is 0 Å². The standard InChI is InChI=1S/C17H17FN2O/c1-12(15-3-5-17(21-2)6-4-15)20-11-14-7-13(10-19)8-16(18)9-14/h3-9,12,20H,11H2,1-2H3/t12-/m1/s1. The number of benzene rings is 2. The van der Waals surface area contributed by atoms with Gasteiger partial charge in [-0.2, -0.15) is 5.26 Å². The predicted molar refractivity (Wildman–Crippen MR) is 79.4 cm³/mol. The van der Waals surface area contributed by atoms with E-state index in [-0.39, 0.29) is 11.9 Å². The number of ether oxygens (including phenoxy) is 1. The predicted octanol–water partition coefficient (Wildman–Crippen LogP) is 3.56. The van der Waals surface area contributed by atoms with Crippen molar-refractivity contribution in [2.24, 2.45) is 0 Å². The number of nitrogens with zero attached hydrogens (tertiary/aromatic N) is 1. The van der Waals surface area contributed by atoms with Gasteiger partial charge >= 0.3 is 0 Å². The fourth-order valence-electron chi connectivity index (χ4n) is 2.10. The third-order valence-electron chi connectivity index (χ3n) is 3.31. The first-order valence-corrected chi connectivity index (χ1v) is 6.69. The Balaban J connectivity index is 2.01. The maximum absolute atomic E-state index is 13.4. The Morgan fingerprint density at radius 2 is 1.95 bits per heavy atom. The van der Waals surface area contributed by atoms with Crippen LogP contribution in [0.1, 0.15) is 29.7 Å². The molecule has 3 nitrogen and oxygen atoms in total. The first-order valence-electron chi connectivity index (χ1n) is 6.69. The van der Waals surface area contributed by atoms with E-state index in [0.29, 0.717) is 12.1 Å². The van der Waals surface area contributed by atoms with E-state index in [1.807, 2.05) is 37.3 Å². The van der Waals surface area contributed by atoms with E-state index in [1.165, 1.54) is 12.1 Å². The molecule has 0 aliphatic rings. The van der Waals surface area contributed by atoms with E-state index >= 15 is 0 Å². The van der Waals surface area contributed by atoms with Gasteiger partial charge in [0.05, 0.1) is 18.7 Å². The lowest BCUT2D eigenvalue weighted by molar-refractivity contribution is 0.414. The highest BCUT2D eigenvalue weighted by atomic mass is 19.1. The van der Waals surface area contributed by atoms with Gasteiger partial charge in [0.2, 0.25) is 0 Å². The third kappa shape index (κ3) is 4.04. The number of halogens is 1. The summed E-state index contributed by atoms with van der Waals surface area (Å²) < 4.78 is 18.5. The highest BCUT2D eigenvalue weighted by molar-refractivity contribution is 5.34. The van der Waals surface area contributed by atoms with Gasteiger partial charge in [0.25, 0.3) is 0 Å². The molecule has 0 bridgehead atoms. The molecular weight excluding hydrogens is 267 g/mol. The average molecular weight is 284 g/mol. The molecule has 0 saturated carbocycles. The fourth-order valence-corrected chi connectivity index (χ4v) is 2.10. The summed E-state index contributed by atoms with van der Waals surface area (Å²) in [7, 11) is 1.63. The summed E-state index contributed by atoms with van der Waals surface area (Å²) in [6, 6.07) is 14.2. The van der Waals surface area contributed by atoms with Gasteiger partial charge < -0.3 is 10.1 Å². The summed E-state index contributed by atoms with van der Waals surface area (Å²) in [5.41, 5.74) is 2.21. The van der Waals surface area contributed by atoms with Crippen molar-refractivity contribution in [1.29, 1.82) is 5.26 Å². The van der Waals surface area contributed by atoms with E-state index in [2.05, 4.69) is 5.32 Å². The highest BCUT2D eigenvalue weighted by Crippen LogP contribution is 2.18. The zero-order valence-corrected chi connectivity index (χ0v) is 12.1. The van der Waals surface area contributed by atoms with Crippen molar-refractivity contribution in [1.82, 2.24) is 5.32 Å². The van der Waals surface area contributed by atoms with Crippen molar-refractivity contribution in [2.45, 2.75) is 19.5 Å². The Labute approximate surface area is 124 Å². The summed E-state index contributed by atoms with van der Waals surface area (Å²) in [5.74, 6) is 0.428. The third-order valence-corrected chi connectivity index (χ3v) is 3.31. The normalized spacial score (nSPS) is 11.7. The molecule has 4 heteroatoms. The molecule has 0 heterocycles. The lowest BCUT2D eigenvalue weighted by Crippen LogP contribution is -2.18.